The Morgan fingerprint density at radius 2 is 2.23 bits per heavy atom. The van der Waals surface area contributed by atoms with Gasteiger partial charge in [-0.25, -0.2) is 4.98 Å². The molecular formula is C15H24N4O2S. The van der Waals surface area contributed by atoms with Crippen LogP contribution < -0.4 is 10.6 Å². The monoisotopic (exact) mass is 324 g/mol. The number of nitrogens with one attached hydrogen (secondary N) is 2. The first-order chi connectivity index (χ1) is 10.4. The van der Waals surface area contributed by atoms with Gasteiger partial charge in [0.05, 0.1) is 12.1 Å². The first-order valence-electron chi connectivity index (χ1n) is 7.66. The number of rotatable bonds is 4. The van der Waals surface area contributed by atoms with Crippen molar-refractivity contribution in [2.24, 2.45) is 5.92 Å². The Morgan fingerprint density at radius 3 is 2.91 bits per heavy atom. The summed E-state index contributed by atoms with van der Waals surface area (Å²) in [6, 6.07) is 0.481. The lowest BCUT2D eigenvalue weighted by molar-refractivity contribution is -0.134. The molecule has 1 aromatic heterocycles. The number of thiazole rings is 1. The van der Waals surface area contributed by atoms with Gasteiger partial charge in [0.15, 0.2) is 5.13 Å². The third-order valence-corrected chi connectivity index (χ3v) is 4.80. The predicted octanol–water partition coefficient (Wildman–Crippen LogP) is 1.49. The van der Waals surface area contributed by atoms with Crippen LogP contribution in [0.1, 0.15) is 33.4 Å². The van der Waals surface area contributed by atoms with Crippen LogP contribution in [-0.4, -0.2) is 46.9 Å². The average molecular weight is 324 g/mol. The van der Waals surface area contributed by atoms with Crippen molar-refractivity contribution < 1.29 is 9.59 Å². The lowest BCUT2D eigenvalue weighted by Gasteiger charge is -2.38. The Labute approximate surface area is 135 Å². The molecule has 2 unspecified atom stereocenters. The molecule has 2 rings (SSSR count). The molecule has 1 aromatic rings. The molecule has 2 N–H and O–H groups in total. The van der Waals surface area contributed by atoms with Crippen molar-refractivity contribution in [1.82, 2.24) is 15.2 Å². The average Bonchev–Trinajstić information content (AvgIpc) is 2.88. The number of piperazine rings is 1. The van der Waals surface area contributed by atoms with Crippen molar-refractivity contribution >= 4 is 28.3 Å². The van der Waals surface area contributed by atoms with E-state index < -0.39 is 0 Å². The van der Waals surface area contributed by atoms with Crippen LogP contribution in [0.2, 0.25) is 0 Å². The van der Waals surface area contributed by atoms with E-state index in [1.807, 2.05) is 24.1 Å². The molecule has 2 atom stereocenters. The molecule has 0 aromatic carbocycles. The van der Waals surface area contributed by atoms with Gasteiger partial charge in [0.25, 0.3) is 0 Å². The fourth-order valence-electron chi connectivity index (χ4n) is 2.36. The molecule has 1 saturated heterocycles. The Kier molecular flexibility index (Phi) is 5.52. The van der Waals surface area contributed by atoms with E-state index in [4.69, 9.17) is 0 Å². The molecule has 0 spiro atoms. The zero-order valence-corrected chi connectivity index (χ0v) is 14.4. The summed E-state index contributed by atoms with van der Waals surface area (Å²) in [6.07, 6.45) is 0.283. The van der Waals surface area contributed by atoms with E-state index in [0.29, 0.717) is 16.9 Å². The smallest absolute Gasteiger partial charge is 0.228 e. The summed E-state index contributed by atoms with van der Waals surface area (Å²) in [5.41, 5.74) is 0.715. The molecule has 0 aliphatic carbocycles. The van der Waals surface area contributed by atoms with Gasteiger partial charge in [0, 0.05) is 36.5 Å². The molecule has 0 bridgehead atoms. The molecule has 2 amide bonds. The molecule has 2 heterocycles. The fourth-order valence-corrected chi connectivity index (χ4v) is 3.07. The number of nitrogens with zero attached hydrogens (tertiary/aromatic N) is 2. The van der Waals surface area contributed by atoms with Crippen LogP contribution in [0, 0.1) is 5.92 Å². The molecule has 1 aliphatic heterocycles. The molecule has 1 fully saturated rings. The topological polar surface area (TPSA) is 74.3 Å². The predicted molar refractivity (Wildman–Crippen MR) is 87.9 cm³/mol. The molecule has 7 heteroatoms. The van der Waals surface area contributed by atoms with E-state index in [2.05, 4.69) is 29.5 Å². The van der Waals surface area contributed by atoms with Crippen molar-refractivity contribution in [2.45, 2.75) is 46.2 Å². The fraction of sp³-hybridized carbons (Fsp3) is 0.667. The SMILES string of the molecule is CC(C)C(=O)Nc1nc(CC(=O)N2CCNC(C)C2C)cs1. The summed E-state index contributed by atoms with van der Waals surface area (Å²) < 4.78 is 0. The van der Waals surface area contributed by atoms with Crippen LogP contribution in [0.25, 0.3) is 0 Å². The van der Waals surface area contributed by atoms with Crippen LogP contribution in [0.15, 0.2) is 5.38 Å². The molecule has 1 aliphatic rings. The van der Waals surface area contributed by atoms with Gasteiger partial charge in [-0.2, -0.15) is 0 Å². The second-order valence-electron chi connectivity index (χ2n) is 6.04. The van der Waals surface area contributed by atoms with Crippen LogP contribution >= 0.6 is 11.3 Å². The minimum Gasteiger partial charge on any atom is -0.337 e. The van der Waals surface area contributed by atoms with Gasteiger partial charge in [0.2, 0.25) is 11.8 Å². The quantitative estimate of drug-likeness (QED) is 0.880. The zero-order valence-electron chi connectivity index (χ0n) is 13.5. The maximum absolute atomic E-state index is 12.4. The van der Waals surface area contributed by atoms with Crippen LogP contribution in [0.3, 0.4) is 0 Å². The first kappa shape index (κ1) is 16.9. The molecule has 0 saturated carbocycles. The van der Waals surface area contributed by atoms with Crippen molar-refractivity contribution in [2.75, 3.05) is 18.4 Å². The highest BCUT2D eigenvalue weighted by Crippen LogP contribution is 2.18. The summed E-state index contributed by atoms with van der Waals surface area (Å²) in [7, 11) is 0. The Bertz CT molecular complexity index is 543. The molecular weight excluding hydrogens is 300 g/mol. The molecule has 122 valence electrons. The lowest BCUT2D eigenvalue weighted by Crippen LogP contribution is -2.57. The highest BCUT2D eigenvalue weighted by molar-refractivity contribution is 7.13. The normalized spacial score (nSPS) is 22.0. The number of carbonyl (C=O) groups excluding carboxylic acids is 2. The van der Waals surface area contributed by atoms with E-state index in [1.165, 1.54) is 11.3 Å². The number of anilines is 1. The Morgan fingerprint density at radius 1 is 1.50 bits per heavy atom. The van der Waals surface area contributed by atoms with Crippen molar-refractivity contribution in [3.05, 3.63) is 11.1 Å². The van der Waals surface area contributed by atoms with E-state index in [0.717, 1.165) is 13.1 Å². The molecule has 22 heavy (non-hydrogen) atoms. The second kappa shape index (κ2) is 7.19. The van der Waals surface area contributed by atoms with Crippen LogP contribution in [-0.2, 0) is 16.0 Å². The lowest BCUT2D eigenvalue weighted by atomic mass is 10.1. The molecule has 6 nitrogen and oxygen atoms in total. The number of hydrogen-bond acceptors (Lipinski definition) is 5. The van der Waals surface area contributed by atoms with Crippen LogP contribution in [0.4, 0.5) is 5.13 Å². The van der Waals surface area contributed by atoms with Gasteiger partial charge in [-0.1, -0.05) is 13.8 Å². The molecule has 0 radical (unpaired) electrons. The van der Waals surface area contributed by atoms with E-state index >= 15 is 0 Å². The second-order valence-corrected chi connectivity index (χ2v) is 6.89. The number of aromatic nitrogens is 1. The summed E-state index contributed by atoms with van der Waals surface area (Å²) in [6.45, 7) is 9.37. The van der Waals surface area contributed by atoms with Crippen molar-refractivity contribution in [3.63, 3.8) is 0 Å². The van der Waals surface area contributed by atoms with Gasteiger partial charge < -0.3 is 15.5 Å². The van der Waals surface area contributed by atoms with Crippen LogP contribution in [0.5, 0.6) is 0 Å². The standard InChI is InChI=1S/C15H24N4O2S/c1-9(2)14(21)18-15-17-12(8-22-15)7-13(20)19-6-5-16-10(3)11(19)4/h8-11,16H,5-7H2,1-4H3,(H,17,18,21). The first-order valence-corrected chi connectivity index (χ1v) is 8.54. The van der Waals surface area contributed by atoms with Gasteiger partial charge in [0.1, 0.15) is 0 Å². The summed E-state index contributed by atoms with van der Waals surface area (Å²) >= 11 is 1.36. The van der Waals surface area contributed by atoms with Gasteiger partial charge >= 0.3 is 0 Å². The third kappa shape index (κ3) is 4.04. The minimum absolute atomic E-state index is 0.0585. The zero-order chi connectivity index (χ0) is 16.3. The van der Waals surface area contributed by atoms with E-state index in [-0.39, 0.29) is 30.2 Å². The summed E-state index contributed by atoms with van der Waals surface area (Å²) in [5.74, 6) is -0.0539. The number of hydrogen-bond donors (Lipinski definition) is 2. The van der Waals surface area contributed by atoms with Gasteiger partial charge in [-0.3, -0.25) is 9.59 Å². The third-order valence-electron chi connectivity index (χ3n) is 3.99. The van der Waals surface area contributed by atoms with Crippen molar-refractivity contribution in [1.29, 1.82) is 0 Å². The Balaban J connectivity index is 1.95. The Hall–Kier alpha value is -1.47. The van der Waals surface area contributed by atoms with E-state index in [9.17, 15) is 9.59 Å². The van der Waals surface area contributed by atoms with Crippen molar-refractivity contribution in [3.8, 4) is 0 Å². The maximum atomic E-state index is 12.4. The van der Waals surface area contributed by atoms with Gasteiger partial charge in [-0.15, -0.1) is 11.3 Å². The number of amides is 2. The van der Waals surface area contributed by atoms with E-state index in [1.54, 1.807) is 0 Å². The highest BCUT2D eigenvalue weighted by atomic mass is 32.1. The largest absolute Gasteiger partial charge is 0.337 e. The summed E-state index contributed by atoms with van der Waals surface area (Å²) in [4.78, 5) is 30.3. The minimum atomic E-state index is -0.0860. The maximum Gasteiger partial charge on any atom is 0.228 e. The summed E-state index contributed by atoms with van der Waals surface area (Å²) in [5, 5.41) is 8.52. The number of carbonyl (C=O) groups is 2. The van der Waals surface area contributed by atoms with Gasteiger partial charge in [-0.05, 0) is 13.8 Å². The highest BCUT2D eigenvalue weighted by Gasteiger charge is 2.28.